The Kier molecular flexibility index (Phi) is 4.04. The summed E-state index contributed by atoms with van der Waals surface area (Å²) in [5.41, 5.74) is 0.0974. The molecule has 2 aromatic heterocycles. The largest absolute Gasteiger partial charge is 0.235 e. The lowest BCUT2D eigenvalue weighted by Crippen LogP contribution is -2.33. The second-order valence-electron chi connectivity index (χ2n) is 6.59. The van der Waals surface area contributed by atoms with Crippen molar-refractivity contribution in [2.24, 2.45) is 0 Å². The topological polar surface area (TPSA) is 90.6 Å². The van der Waals surface area contributed by atoms with Crippen LogP contribution in [0.2, 0.25) is 5.02 Å². The highest BCUT2D eigenvalue weighted by molar-refractivity contribution is 7.91. The number of aromatic nitrogens is 5. The first-order chi connectivity index (χ1) is 12.4. The molecule has 1 aliphatic rings. The Morgan fingerprint density at radius 3 is 2.42 bits per heavy atom. The van der Waals surface area contributed by atoms with Crippen LogP contribution in [0.1, 0.15) is 13.3 Å². The molecule has 0 aliphatic carbocycles. The molecule has 0 spiro atoms. The molecule has 134 valence electrons. The molecule has 4 rings (SSSR count). The van der Waals surface area contributed by atoms with E-state index in [0.717, 1.165) is 5.56 Å². The van der Waals surface area contributed by atoms with Gasteiger partial charge in [0.2, 0.25) is 0 Å². The Bertz CT molecular complexity index is 1050. The van der Waals surface area contributed by atoms with Crippen LogP contribution in [0.25, 0.3) is 23.0 Å². The molecule has 0 N–H and O–H groups in total. The van der Waals surface area contributed by atoms with Gasteiger partial charge >= 0.3 is 0 Å². The van der Waals surface area contributed by atoms with Crippen molar-refractivity contribution >= 4 is 21.4 Å². The zero-order valence-corrected chi connectivity index (χ0v) is 15.6. The van der Waals surface area contributed by atoms with Crippen molar-refractivity contribution in [3.8, 4) is 23.0 Å². The molecule has 1 saturated heterocycles. The minimum atomic E-state index is -3.11. The highest BCUT2D eigenvalue weighted by atomic mass is 35.5. The molecule has 1 unspecified atom stereocenters. The van der Waals surface area contributed by atoms with E-state index in [9.17, 15) is 8.42 Å². The van der Waals surface area contributed by atoms with Gasteiger partial charge in [-0.1, -0.05) is 11.6 Å². The Morgan fingerprint density at radius 1 is 1.12 bits per heavy atom. The average Bonchev–Trinajstić information content (AvgIpc) is 3.19. The van der Waals surface area contributed by atoms with E-state index in [1.54, 1.807) is 35.3 Å². The van der Waals surface area contributed by atoms with Crippen LogP contribution >= 0.6 is 11.6 Å². The first-order valence-corrected chi connectivity index (χ1v) is 10.3. The zero-order chi connectivity index (χ0) is 18.4. The van der Waals surface area contributed by atoms with Crippen LogP contribution < -0.4 is 0 Å². The van der Waals surface area contributed by atoms with Crippen molar-refractivity contribution in [1.29, 1.82) is 0 Å². The van der Waals surface area contributed by atoms with Crippen molar-refractivity contribution in [2.45, 2.75) is 18.9 Å². The molecule has 0 radical (unpaired) electrons. The summed E-state index contributed by atoms with van der Waals surface area (Å²) >= 11 is 5.96. The molecule has 1 fully saturated rings. The van der Waals surface area contributed by atoms with Gasteiger partial charge < -0.3 is 0 Å². The Balaban J connectivity index is 1.88. The molecule has 1 atom stereocenters. The van der Waals surface area contributed by atoms with Crippen molar-refractivity contribution in [3.63, 3.8) is 0 Å². The molecule has 0 bridgehead atoms. The number of benzene rings is 1. The van der Waals surface area contributed by atoms with Gasteiger partial charge in [-0.3, -0.25) is 0 Å². The van der Waals surface area contributed by atoms with Gasteiger partial charge in [-0.05, 0) is 43.7 Å². The summed E-state index contributed by atoms with van der Waals surface area (Å²) in [5, 5.41) is 5.24. The van der Waals surface area contributed by atoms with E-state index in [-0.39, 0.29) is 11.5 Å². The molecular formula is C17H16ClN5O2S. The monoisotopic (exact) mass is 389 g/mol. The normalized spacial score (nSPS) is 21.8. The number of hydrogen-bond acceptors (Lipinski definition) is 6. The van der Waals surface area contributed by atoms with Crippen molar-refractivity contribution in [1.82, 2.24) is 24.7 Å². The Labute approximate surface area is 156 Å². The predicted octanol–water partition coefficient (Wildman–Crippen LogP) is 2.59. The molecule has 1 aromatic carbocycles. The van der Waals surface area contributed by atoms with Gasteiger partial charge in [0.25, 0.3) is 0 Å². The minimum absolute atomic E-state index is 0.0171. The number of hydrogen-bond donors (Lipinski definition) is 0. The van der Waals surface area contributed by atoms with E-state index < -0.39 is 15.4 Å². The van der Waals surface area contributed by atoms with Crippen LogP contribution in [0.3, 0.4) is 0 Å². The van der Waals surface area contributed by atoms with Gasteiger partial charge in [-0.2, -0.15) is 0 Å². The fourth-order valence-corrected chi connectivity index (χ4v) is 5.36. The maximum Gasteiger partial charge on any atom is 0.197 e. The van der Waals surface area contributed by atoms with Crippen molar-refractivity contribution < 1.29 is 8.42 Å². The first-order valence-electron chi connectivity index (χ1n) is 8.08. The molecule has 3 aromatic rings. The zero-order valence-electron chi connectivity index (χ0n) is 14.0. The lowest BCUT2D eigenvalue weighted by Gasteiger charge is -2.23. The predicted molar refractivity (Wildman–Crippen MR) is 98.4 cm³/mol. The van der Waals surface area contributed by atoms with Gasteiger partial charge in [-0.15, -0.1) is 5.10 Å². The summed E-state index contributed by atoms with van der Waals surface area (Å²) in [7, 11) is -3.11. The minimum Gasteiger partial charge on any atom is -0.235 e. The van der Waals surface area contributed by atoms with Crippen LogP contribution in [0.5, 0.6) is 0 Å². The molecule has 9 heteroatoms. The maximum absolute atomic E-state index is 12.1. The smallest absolute Gasteiger partial charge is 0.197 e. The van der Waals surface area contributed by atoms with E-state index in [2.05, 4.69) is 20.1 Å². The SMILES string of the molecule is CC1(n2nc(-c3ccc(Cl)cc3)nc2-c2ncccn2)CCS(=O)(=O)C1. The summed E-state index contributed by atoms with van der Waals surface area (Å²) in [6.07, 6.45) is 3.71. The van der Waals surface area contributed by atoms with Crippen molar-refractivity contribution in [2.75, 3.05) is 11.5 Å². The fraction of sp³-hybridized carbons (Fsp3) is 0.294. The van der Waals surface area contributed by atoms with Gasteiger partial charge in [0.1, 0.15) is 0 Å². The number of halogens is 1. The third-order valence-electron chi connectivity index (χ3n) is 4.47. The molecule has 0 amide bonds. The summed E-state index contributed by atoms with van der Waals surface area (Å²) in [6.45, 7) is 1.88. The lowest BCUT2D eigenvalue weighted by molar-refractivity contribution is 0.332. The first kappa shape index (κ1) is 17.1. The summed E-state index contributed by atoms with van der Waals surface area (Å²) in [5.74, 6) is 1.49. The summed E-state index contributed by atoms with van der Waals surface area (Å²) in [6, 6.07) is 8.89. The Morgan fingerprint density at radius 2 is 1.81 bits per heavy atom. The van der Waals surface area contributed by atoms with Gasteiger partial charge in [0, 0.05) is 23.0 Å². The number of sulfone groups is 1. The van der Waals surface area contributed by atoms with Crippen LogP contribution in [0, 0.1) is 0 Å². The molecule has 3 heterocycles. The average molecular weight is 390 g/mol. The molecule has 0 saturated carbocycles. The molecular weight excluding hydrogens is 374 g/mol. The van der Waals surface area contributed by atoms with Crippen LogP contribution in [-0.4, -0.2) is 44.7 Å². The van der Waals surface area contributed by atoms with Crippen LogP contribution in [0.15, 0.2) is 42.7 Å². The third kappa shape index (κ3) is 3.10. The summed E-state index contributed by atoms with van der Waals surface area (Å²) < 4.78 is 25.8. The summed E-state index contributed by atoms with van der Waals surface area (Å²) in [4.78, 5) is 13.1. The van der Waals surface area contributed by atoms with E-state index in [4.69, 9.17) is 11.6 Å². The molecule has 7 nitrogen and oxygen atoms in total. The second-order valence-corrected chi connectivity index (χ2v) is 9.21. The Hall–Kier alpha value is -2.32. The van der Waals surface area contributed by atoms with E-state index in [0.29, 0.717) is 28.9 Å². The van der Waals surface area contributed by atoms with Crippen LogP contribution in [-0.2, 0) is 15.4 Å². The lowest BCUT2D eigenvalue weighted by atomic mass is 10.0. The van der Waals surface area contributed by atoms with E-state index >= 15 is 0 Å². The van der Waals surface area contributed by atoms with Gasteiger partial charge in [-0.25, -0.2) is 28.1 Å². The standard InChI is InChI=1S/C17H16ClN5O2S/c1-17(7-10-26(24,25)11-17)23-16(15-19-8-2-9-20-15)21-14(22-23)12-3-5-13(18)6-4-12/h2-6,8-9H,7,10-11H2,1H3. The highest BCUT2D eigenvalue weighted by Crippen LogP contribution is 2.34. The van der Waals surface area contributed by atoms with Gasteiger partial charge in [0.15, 0.2) is 27.3 Å². The van der Waals surface area contributed by atoms with E-state index in [1.807, 2.05) is 19.1 Å². The van der Waals surface area contributed by atoms with Gasteiger partial charge in [0.05, 0.1) is 17.0 Å². The molecule has 26 heavy (non-hydrogen) atoms. The fourth-order valence-electron chi connectivity index (χ4n) is 3.13. The highest BCUT2D eigenvalue weighted by Gasteiger charge is 2.42. The van der Waals surface area contributed by atoms with Crippen molar-refractivity contribution in [3.05, 3.63) is 47.7 Å². The number of nitrogens with zero attached hydrogens (tertiary/aromatic N) is 5. The molecule has 1 aliphatic heterocycles. The maximum atomic E-state index is 12.1. The van der Waals surface area contributed by atoms with E-state index in [1.165, 1.54) is 0 Å². The second kappa shape index (κ2) is 6.14. The quantitative estimate of drug-likeness (QED) is 0.683. The van der Waals surface area contributed by atoms with Crippen LogP contribution in [0.4, 0.5) is 0 Å². The third-order valence-corrected chi connectivity index (χ3v) is 6.61. The number of rotatable bonds is 3.